The number of halogens is 2. The summed E-state index contributed by atoms with van der Waals surface area (Å²) in [6.07, 6.45) is 4.81. The van der Waals surface area contributed by atoms with Gasteiger partial charge in [-0.2, -0.15) is 4.89 Å². The SMILES string of the molecule is CCCS(=O)(=O)Nc1ccc(F)c(-c2cc3cnc(CC[C@H](C)COOC=N)cc3cc2CC)c1F. The summed E-state index contributed by atoms with van der Waals surface area (Å²) in [5, 5.41) is 8.42. The molecule has 0 bridgehead atoms. The molecule has 0 amide bonds. The Bertz CT molecular complexity index is 1330. The standard InChI is InChI=1S/C26H31F2N3O4S/c1-4-10-36(32,33)31-24-9-8-23(27)25(26(24)28)22-13-20-14-30-21(12-19(20)11-18(22)5-2)7-6-17(3)15-34-35-16-29/h8-9,11-14,16-17,29,31H,4-7,10,15H2,1-3H3/t17-/m0/s1. The third-order valence-corrected chi connectivity index (χ3v) is 7.32. The van der Waals surface area contributed by atoms with Crippen LogP contribution in [0.15, 0.2) is 36.5 Å². The van der Waals surface area contributed by atoms with Crippen molar-refractivity contribution in [1.29, 1.82) is 5.41 Å². The number of hydrogen-bond donors (Lipinski definition) is 2. The Kier molecular flexibility index (Phi) is 9.33. The first kappa shape index (κ1) is 27.5. The molecule has 0 radical (unpaired) electrons. The average Bonchev–Trinajstić information content (AvgIpc) is 2.84. The zero-order valence-electron chi connectivity index (χ0n) is 20.6. The summed E-state index contributed by atoms with van der Waals surface area (Å²) >= 11 is 0. The van der Waals surface area contributed by atoms with Gasteiger partial charge < -0.3 is 4.89 Å². The molecule has 0 aliphatic rings. The van der Waals surface area contributed by atoms with Crippen molar-refractivity contribution in [3.05, 3.63) is 59.4 Å². The molecule has 36 heavy (non-hydrogen) atoms. The molecule has 0 saturated carbocycles. The molecule has 0 unspecified atom stereocenters. The summed E-state index contributed by atoms with van der Waals surface area (Å²) < 4.78 is 56.9. The van der Waals surface area contributed by atoms with Gasteiger partial charge in [0.15, 0.2) is 5.82 Å². The predicted molar refractivity (Wildman–Crippen MR) is 137 cm³/mol. The second-order valence-corrected chi connectivity index (χ2v) is 10.6. The van der Waals surface area contributed by atoms with E-state index in [1.54, 1.807) is 19.2 Å². The fourth-order valence-electron chi connectivity index (χ4n) is 3.98. The number of aromatic nitrogens is 1. The van der Waals surface area contributed by atoms with Crippen LogP contribution in [0.25, 0.3) is 21.9 Å². The van der Waals surface area contributed by atoms with Gasteiger partial charge in [-0.05, 0) is 72.4 Å². The number of nitrogens with zero attached hydrogens (tertiary/aromatic N) is 1. The molecule has 1 atom stereocenters. The predicted octanol–water partition coefficient (Wildman–Crippen LogP) is 6.02. The van der Waals surface area contributed by atoms with Crippen LogP contribution in [0.5, 0.6) is 0 Å². The van der Waals surface area contributed by atoms with Gasteiger partial charge in [0.25, 0.3) is 0 Å². The van der Waals surface area contributed by atoms with Gasteiger partial charge in [-0.25, -0.2) is 17.2 Å². The van der Waals surface area contributed by atoms with Crippen molar-refractivity contribution in [2.24, 2.45) is 5.92 Å². The highest BCUT2D eigenvalue weighted by molar-refractivity contribution is 7.92. The molecule has 1 heterocycles. The fraction of sp³-hybridized carbons (Fsp3) is 0.385. The van der Waals surface area contributed by atoms with Crippen molar-refractivity contribution < 1.29 is 27.0 Å². The maximum atomic E-state index is 15.4. The minimum Gasteiger partial charge on any atom is -0.326 e. The molecule has 2 aromatic carbocycles. The van der Waals surface area contributed by atoms with E-state index in [-0.39, 0.29) is 22.9 Å². The van der Waals surface area contributed by atoms with Crippen LogP contribution in [0.1, 0.15) is 44.9 Å². The third-order valence-electron chi connectivity index (χ3n) is 5.84. The summed E-state index contributed by atoms with van der Waals surface area (Å²) in [7, 11) is -3.74. The lowest BCUT2D eigenvalue weighted by atomic mass is 9.93. The number of pyridine rings is 1. The molecule has 0 aliphatic carbocycles. The number of benzene rings is 2. The van der Waals surface area contributed by atoms with Crippen LogP contribution in [0.3, 0.4) is 0 Å². The van der Waals surface area contributed by atoms with E-state index in [0.29, 0.717) is 31.4 Å². The van der Waals surface area contributed by atoms with Crippen LogP contribution in [0, 0.1) is 23.0 Å². The van der Waals surface area contributed by atoms with E-state index in [2.05, 4.69) is 14.6 Å². The number of anilines is 1. The average molecular weight is 520 g/mol. The van der Waals surface area contributed by atoms with E-state index < -0.39 is 21.7 Å². The zero-order valence-corrected chi connectivity index (χ0v) is 21.4. The minimum absolute atomic E-state index is 0.160. The molecule has 3 rings (SSSR count). The van der Waals surface area contributed by atoms with Crippen molar-refractivity contribution in [3.63, 3.8) is 0 Å². The lowest BCUT2D eigenvalue weighted by molar-refractivity contribution is -0.225. The maximum Gasteiger partial charge on any atom is 0.232 e. The number of rotatable bonds is 13. The number of nitrogens with one attached hydrogen (secondary N) is 2. The van der Waals surface area contributed by atoms with Crippen LogP contribution in [0.2, 0.25) is 0 Å². The Morgan fingerprint density at radius 3 is 2.64 bits per heavy atom. The maximum absolute atomic E-state index is 15.4. The summed E-state index contributed by atoms with van der Waals surface area (Å²) in [6, 6.07) is 7.73. The number of sulfonamides is 1. The molecule has 10 heteroatoms. The molecular formula is C26H31F2N3O4S. The van der Waals surface area contributed by atoms with Crippen LogP contribution in [-0.2, 0) is 32.6 Å². The topological polar surface area (TPSA) is 101 Å². The zero-order chi connectivity index (χ0) is 26.3. The molecule has 3 aromatic rings. The first-order valence-electron chi connectivity index (χ1n) is 11.9. The van der Waals surface area contributed by atoms with Gasteiger partial charge in [0.2, 0.25) is 16.4 Å². The first-order chi connectivity index (χ1) is 17.2. The van der Waals surface area contributed by atoms with E-state index >= 15 is 4.39 Å². The van der Waals surface area contributed by atoms with Gasteiger partial charge in [-0.15, -0.1) is 0 Å². The highest BCUT2D eigenvalue weighted by Crippen LogP contribution is 2.36. The quantitative estimate of drug-likeness (QED) is 0.0946. The van der Waals surface area contributed by atoms with Crippen LogP contribution < -0.4 is 4.72 Å². The lowest BCUT2D eigenvalue weighted by Crippen LogP contribution is -2.17. The summed E-state index contributed by atoms with van der Waals surface area (Å²) in [4.78, 5) is 13.9. The van der Waals surface area contributed by atoms with E-state index in [1.807, 2.05) is 26.0 Å². The Hall–Kier alpha value is -3.11. The van der Waals surface area contributed by atoms with Crippen molar-refractivity contribution in [2.75, 3.05) is 17.1 Å². The number of fused-ring (bicyclic) bond motifs is 1. The summed E-state index contributed by atoms with van der Waals surface area (Å²) in [5.74, 6) is -1.68. The molecular weight excluding hydrogens is 488 g/mol. The molecule has 1 aromatic heterocycles. The number of aryl methyl sites for hydroxylation is 2. The highest BCUT2D eigenvalue weighted by Gasteiger charge is 2.21. The van der Waals surface area contributed by atoms with Gasteiger partial charge in [-0.3, -0.25) is 15.1 Å². The van der Waals surface area contributed by atoms with Crippen LogP contribution >= 0.6 is 0 Å². The fourth-order valence-corrected chi connectivity index (χ4v) is 5.11. The van der Waals surface area contributed by atoms with Gasteiger partial charge in [0.1, 0.15) is 5.82 Å². The Morgan fingerprint density at radius 2 is 1.94 bits per heavy atom. The van der Waals surface area contributed by atoms with Crippen LogP contribution in [0.4, 0.5) is 14.5 Å². The summed E-state index contributed by atoms with van der Waals surface area (Å²) in [6.45, 7) is 5.97. The summed E-state index contributed by atoms with van der Waals surface area (Å²) in [5.41, 5.74) is 1.43. The van der Waals surface area contributed by atoms with Gasteiger partial charge >= 0.3 is 0 Å². The second kappa shape index (κ2) is 12.2. The highest BCUT2D eigenvalue weighted by atomic mass is 32.2. The van der Waals surface area contributed by atoms with Crippen LogP contribution in [-0.4, -0.2) is 32.2 Å². The molecule has 0 spiro atoms. The second-order valence-electron chi connectivity index (χ2n) is 8.73. The largest absolute Gasteiger partial charge is 0.326 e. The molecule has 0 saturated heterocycles. The first-order valence-corrected chi connectivity index (χ1v) is 13.5. The Labute approximate surface area is 210 Å². The van der Waals surface area contributed by atoms with Gasteiger partial charge in [-0.1, -0.05) is 26.8 Å². The van der Waals surface area contributed by atoms with Crippen molar-refractivity contribution in [2.45, 2.75) is 46.5 Å². The Morgan fingerprint density at radius 1 is 1.17 bits per heavy atom. The van der Waals surface area contributed by atoms with E-state index in [4.69, 9.17) is 10.3 Å². The molecule has 7 nitrogen and oxygen atoms in total. The molecule has 0 aliphatic heterocycles. The van der Waals surface area contributed by atoms with Crippen molar-refractivity contribution >= 4 is 32.9 Å². The Balaban J connectivity index is 1.94. The van der Waals surface area contributed by atoms with E-state index in [1.165, 1.54) is 0 Å². The monoisotopic (exact) mass is 519 g/mol. The third kappa shape index (κ3) is 6.76. The molecule has 2 N–H and O–H groups in total. The van der Waals surface area contributed by atoms with Gasteiger partial charge in [0, 0.05) is 17.3 Å². The molecule has 194 valence electrons. The normalized spacial score (nSPS) is 12.5. The van der Waals surface area contributed by atoms with E-state index in [0.717, 1.165) is 47.0 Å². The lowest BCUT2D eigenvalue weighted by Gasteiger charge is -2.16. The van der Waals surface area contributed by atoms with Crippen molar-refractivity contribution in [1.82, 2.24) is 4.98 Å². The smallest absolute Gasteiger partial charge is 0.232 e. The number of hydrogen-bond acceptors (Lipinski definition) is 6. The minimum atomic E-state index is -3.74. The van der Waals surface area contributed by atoms with Gasteiger partial charge in [0.05, 0.1) is 23.6 Å². The van der Waals surface area contributed by atoms with E-state index in [9.17, 15) is 12.8 Å². The van der Waals surface area contributed by atoms with Crippen molar-refractivity contribution in [3.8, 4) is 11.1 Å². The molecule has 0 fully saturated rings.